The van der Waals surface area contributed by atoms with Gasteiger partial charge in [0.05, 0.1) is 11.8 Å². The summed E-state index contributed by atoms with van der Waals surface area (Å²) >= 11 is 1.04. The molecule has 1 unspecified atom stereocenters. The molecule has 0 aliphatic heterocycles. The number of carbonyl (C=O) groups excluding carboxylic acids is 1. The largest absolute Gasteiger partial charge is 0.478 e. The van der Waals surface area contributed by atoms with E-state index in [4.69, 9.17) is 9.84 Å². The summed E-state index contributed by atoms with van der Waals surface area (Å²) in [5.41, 5.74) is -0.170. The van der Waals surface area contributed by atoms with E-state index >= 15 is 4.39 Å². The molecule has 0 aliphatic carbocycles. The number of nitrogens with zero attached hydrogens (tertiary/aromatic N) is 1. The lowest BCUT2D eigenvalue weighted by molar-refractivity contribution is -0.132. The Morgan fingerprint density at radius 1 is 1.16 bits per heavy atom. The number of hydrogen-bond acceptors (Lipinski definition) is 5. The Kier molecular flexibility index (Phi) is 10.2. The number of anilines is 1. The zero-order valence-electron chi connectivity index (χ0n) is 21.3. The molecular weight excluding hydrogens is 517 g/mol. The molecular formula is C28H29F3N2O4S. The van der Waals surface area contributed by atoms with E-state index in [1.807, 2.05) is 6.92 Å². The highest BCUT2D eigenvalue weighted by Crippen LogP contribution is 2.33. The number of aromatic nitrogens is 1. The lowest BCUT2D eigenvalue weighted by Crippen LogP contribution is -2.13. The van der Waals surface area contributed by atoms with Crippen LogP contribution in [-0.4, -0.2) is 28.6 Å². The Morgan fingerprint density at radius 2 is 1.87 bits per heavy atom. The third kappa shape index (κ3) is 7.08. The van der Waals surface area contributed by atoms with Gasteiger partial charge in [0.15, 0.2) is 5.13 Å². The predicted octanol–water partition coefficient (Wildman–Crippen LogP) is 7.63. The van der Waals surface area contributed by atoms with E-state index in [-0.39, 0.29) is 21.8 Å². The molecule has 0 bridgehead atoms. The maximum Gasteiger partial charge on any atom is 0.331 e. The molecule has 0 saturated heterocycles. The maximum absolute atomic E-state index is 15.4. The summed E-state index contributed by atoms with van der Waals surface area (Å²) in [4.78, 5) is 27.9. The van der Waals surface area contributed by atoms with Gasteiger partial charge in [-0.3, -0.25) is 10.1 Å². The van der Waals surface area contributed by atoms with Crippen molar-refractivity contribution >= 4 is 34.4 Å². The van der Waals surface area contributed by atoms with Gasteiger partial charge in [-0.2, -0.15) is 0 Å². The Balaban J connectivity index is 1.78. The molecule has 2 N–H and O–H groups in total. The maximum atomic E-state index is 15.4. The van der Waals surface area contributed by atoms with Crippen molar-refractivity contribution in [3.8, 4) is 11.3 Å². The molecule has 0 aliphatic rings. The van der Waals surface area contributed by atoms with E-state index in [1.54, 1.807) is 23.6 Å². The van der Waals surface area contributed by atoms with Gasteiger partial charge in [-0.1, -0.05) is 38.8 Å². The highest BCUT2D eigenvalue weighted by atomic mass is 32.1. The van der Waals surface area contributed by atoms with E-state index in [9.17, 15) is 18.4 Å². The summed E-state index contributed by atoms with van der Waals surface area (Å²) in [7, 11) is 0. The summed E-state index contributed by atoms with van der Waals surface area (Å²) in [6.07, 6.45) is 4.06. The van der Waals surface area contributed by atoms with E-state index in [0.29, 0.717) is 24.3 Å². The van der Waals surface area contributed by atoms with E-state index in [2.05, 4.69) is 17.2 Å². The van der Waals surface area contributed by atoms with E-state index in [1.165, 1.54) is 6.92 Å². The number of rotatable bonds is 12. The summed E-state index contributed by atoms with van der Waals surface area (Å²) in [5, 5.41) is 13.1. The van der Waals surface area contributed by atoms with Crippen LogP contribution in [0.4, 0.5) is 18.3 Å². The summed E-state index contributed by atoms with van der Waals surface area (Å²) < 4.78 is 50.2. The van der Waals surface area contributed by atoms with Crippen LogP contribution in [0.25, 0.3) is 17.3 Å². The van der Waals surface area contributed by atoms with Crippen molar-refractivity contribution in [2.75, 3.05) is 11.9 Å². The fourth-order valence-corrected chi connectivity index (χ4v) is 4.46. The molecule has 38 heavy (non-hydrogen) atoms. The lowest BCUT2D eigenvalue weighted by Gasteiger charge is -2.18. The fourth-order valence-electron chi connectivity index (χ4n) is 3.76. The molecule has 3 rings (SSSR count). The van der Waals surface area contributed by atoms with Gasteiger partial charge in [-0.25, -0.2) is 22.9 Å². The number of benzene rings is 2. The highest BCUT2D eigenvalue weighted by molar-refractivity contribution is 7.14. The molecule has 6 nitrogen and oxygen atoms in total. The Bertz CT molecular complexity index is 1320. The van der Waals surface area contributed by atoms with Crippen LogP contribution >= 0.6 is 11.3 Å². The minimum absolute atomic E-state index is 0.115. The van der Waals surface area contributed by atoms with Gasteiger partial charge >= 0.3 is 5.97 Å². The number of hydrogen-bond donors (Lipinski definition) is 2. The molecule has 1 heterocycles. The van der Waals surface area contributed by atoms with Crippen LogP contribution in [0, 0.1) is 17.5 Å². The van der Waals surface area contributed by atoms with Crippen LogP contribution < -0.4 is 5.32 Å². The molecule has 1 aromatic heterocycles. The SMILES string of the molecule is CCCCCOC(CC)c1cccc(-c2csc(NC(=O)c3cc(F)c(/C=C(\C)C(=O)O)c(F)c3)n2)c1F. The number of thiazole rings is 1. The van der Waals surface area contributed by atoms with Crippen molar-refractivity contribution in [1.82, 2.24) is 4.98 Å². The van der Waals surface area contributed by atoms with Crippen LogP contribution in [0.5, 0.6) is 0 Å². The number of ether oxygens (including phenoxy) is 1. The van der Waals surface area contributed by atoms with Crippen LogP contribution in [0.15, 0.2) is 41.3 Å². The third-order valence-electron chi connectivity index (χ3n) is 5.85. The zero-order chi connectivity index (χ0) is 27.8. The first-order chi connectivity index (χ1) is 18.2. The molecule has 1 amide bonds. The normalized spacial score (nSPS) is 12.4. The minimum Gasteiger partial charge on any atom is -0.478 e. The van der Waals surface area contributed by atoms with Crippen LogP contribution in [0.3, 0.4) is 0 Å². The quantitative estimate of drug-likeness (QED) is 0.180. The molecule has 2 aromatic carbocycles. The second-order valence-electron chi connectivity index (χ2n) is 8.66. The molecule has 10 heteroatoms. The van der Waals surface area contributed by atoms with Gasteiger partial charge in [-0.05, 0) is 44.0 Å². The van der Waals surface area contributed by atoms with E-state index < -0.39 is 41.0 Å². The summed E-state index contributed by atoms with van der Waals surface area (Å²) in [5.74, 6) is -4.78. The second kappa shape index (κ2) is 13.3. The number of carboxylic acid groups (broad SMARTS) is 1. The monoisotopic (exact) mass is 546 g/mol. The van der Waals surface area contributed by atoms with Crippen molar-refractivity contribution in [1.29, 1.82) is 0 Å². The Morgan fingerprint density at radius 3 is 2.50 bits per heavy atom. The first-order valence-electron chi connectivity index (χ1n) is 12.2. The molecule has 0 spiro atoms. The molecule has 3 aromatic rings. The number of carbonyl (C=O) groups is 2. The van der Waals surface area contributed by atoms with E-state index in [0.717, 1.165) is 48.8 Å². The summed E-state index contributed by atoms with van der Waals surface area (Å²) in [6.45, 7) is 5.76. The fraction of sp³-hybridized carbons (Fsp3) is 0.321. The van der Waals surface area contributed by atoms with Gasteiger partial charge < -0.3 is 9.84 Å². The van der Waals surface area contributed by atoms with Crippen molar-refractivity contribution in [3.63, 3.8) is 0 Å². The van der Waals surface area contributed by atoms with Crippen molar-refractivity contribution in [2.45, 2.75) is 52.6 Å². The van der Waals surface area contributed by atoms with Crippen molar-refractivity contribution < 1.29 is 32.6 Å². The Hall–Kier alpha value is -3.50. The third-order valence-corrected chi connectivity index (χ3v) is 6.61. The first-order valence-corrected chi connectivity index (χ1v) is 13.1. The molecule has 202 valence electrons. The number of carboxylic acids is 1. The Labute approximate surface area is 223 Å². The number of halogens is 3. The summed E-state index contributed by atoms with van der Waals surface area (Å²) in [6, 6.07) is 6.60. The predicted molar refractivity (Wildman–Crippen MR) is 142 cm³/mol. The van der Waals surface area contributed by atoms with Gasteiger partial charge in [0.1, 0.15) is 17.5 Å². The van der Waals surface area contributed by atoms with Gasteiger partial charge in [0.2, 0.25) is 0 Å². The average molecular weight is 547 g/mol. The number of nitrogens with one attached hydrogen (secondary N) is 1. The average Bonchev–Trinajstić information content (AvgIpc) is 3.34. The number of amides is 1. The topological polar surface area (TPSA) is 88.5 Å². The van der Waals surface area contributed by atoms with Crippen LogP contribution in [0.2, 0.25) is 0 Å². The highest BCUT2D eigenvalue weighted by Gasteiger charge is 2.20. The zero-order valence-corrected chi connectivity index (χ0v) is 22.1. The smallest absolute Gasteiger partial charge is 0.331 e. The lowest BCUT2D eigenvalue weighted by atomic mass is 10.0. The number of unbranched alkanes of at least 4 members (excludes halogenated alkanes) is 2. The number of aliphatic carboxylic acids is 1. The molecule has 0 saturated carbocycles. The minimum atomic E-state index is -1.32. The molecule has 0 radical (unpaired) electrons. The molecule has 1 atom stereocenters. The van der Waals surface area contributed by atoms with Gasteiger partial charge in [0, 0.05) is 39.8 Å². The van der Waals surface area contributed by atoms with Crippen LogP contribution in [-0.2, 0) is 9.53 Å². The van der Waals surface area contributed by atoms with Gasteiger partial charge in [-0.15, -0.1) is 11.3 Å². The van der Waals surface area contributed by atoms with Crippen LogP contribution in [0.1, 0.15) is 74.0 Å². The van der Waals surface area contributed by atoms with Crippen molar-refractivity contribution in [3.05, 3.63) is 75.4 Å². The molecule has 0 fully saturated rings. The second-order valence-corrected chi connectivity index (χ2v) is 9.52. The van der Waals surface area contributed by atoms with Crippen molar-refractivity contribution in [2.24, 2.45) is 0 Å². The standard InChI is InChI=1S/C28H29F3N2O4S/c1-4-6-7-11-37-24(5-2)19-10-8-9-18(25(19)31)23-15-38-28(32-23)33-26(34)17-13-21(29)20(22(30)14-17)12-16(3)27(35)36/h8-10,12-15,24H,4-7,11H2,1-3H3,(H,35,36)(H,32,33,34)/b16-12+. The van der Waals surface area contributed by atoms with Gasteiger partial charge in [0.25, 0.3) is 5.91 Å². The first kappa shape index (κ1) is 29.1.